The van der Waals surface area contributed by atoms with Crippen molar-refractivity contribution in [3.8, 4) is 11.8 Å². The van der Waals surface area contributed by atoms with Crippen LogP contribution in [0.1, 0.15) is 41.5 Å². The summed E-state index contributed by atoms with van der Waals surface area (Å²) in [6, 6.07) is 17.1. The number of nitrogens with one attached hydrogen (secondary N) is 1. The maximum Gasteiger partial charge on any atom is 0.416 e. The highest BCUT2D eigenvalue weighted by atomic mass is 32.2. The van der Waals surface area contributed by atoms with Gasteiger partial charge in [-0.2, -0.15) is 22.7 Å². The zero-order valence-corrected chi connectivity index (χ0v) is 26.5. The summed E-state index contributed by atoms with van der Waals surface area (Å²) in [5, 5.41) is 12.8. The molecule has 2 heterocycles. The van der Waals surface area contributed by atoms with Gasteiger partial charge in [-0.3, -0.25) is 14.2 Å². The number of amides is 1. The average molecular weight is 667 g/mol. The van der Waals surface area contributed by atoms with Gasteiger partial charge in [0.25, 0.3) is 11.5 Å². The largest absolute Gasteiger partial charge is 0.416 e. The van der Waals surface area contributed by atoms with Crippen LogP contribution in [0.2, 0.25) is 0 Å². The summed E-state index contributed by atoms with van der Waals surface area (Å²) in [6.45, 7) is 4.55. The number of nitriles is 1. The molecule has 13 heteroatoms. The number of sulfonamides is 1. The van der Waals surface area contributed by atoms with E-state index in [1.54, 1.807) is 18.2 Å². The van der Waals surface area contributed by atoms with Crippen LogP contribution < -0.4 is 20.1 Å². The maximum absolute atomic E-state index is 13.8. The number of thiazole rings is 1. The number of rotatable bonds is 6. The van der Waals surface area contributed by atoms with Crippen molar-refractivity contribution in [1.29, 1.82) is 5.26 Å². The fourth-order valence-corrected chi connectivity index (χ4v) is 7.71. The minimum Gasteiger partial charge on any atom is -0.321 e. The number of carbonyl (C=O) groups excluding carboxylic acids is 1. The van der Waals surface area contributed by atoms with Gasteiger partial charge in [0.15, 0.2) is 5.57 Å². The van der Waals surface area contributed by atoms with E-state index < -0.39 is 38.8 Å². The fourth-order valence-electron chi connectivity index (χ4n) is 5.05. The summed E-state index contributed by atoms with van der Waals surface area (Å²) in [5.41, 5.74) is 0.838. The number of piperidine rings is 1. The van der Waals surface area contributed by atoms with Gasteiger partial charge in [0, 0.05) is 18.8 Å². The summed E-state index contributed by atoms with van der Waals surface area (Å²) >= 11 is 0.843. The van der Waals surface area contributed by atoms with Gasteiger partial charge in [-0.1, -0.05) is 30.7 Å². The van der Waals surface area contributed by atoms with Crippen molar-refractivity contribution in [2.75, 3.05) is 18.4 Å². The number of anilines is 1. The van der Waals surface area contributed by atoms with Crippen LogP contribution >= 0.6 is 11.3 Å². The first-order valence-corrected chi connectivity index (χ1v) is 16.6. The molecule has 0 spiro atoms. The van der Waals surface area contributed by atoms with Crippen LogP contribution in [0.15, 0.2) is 76.4 Å². The molecule has 0 aliphatic carbocycles. The van der Waals surface area contributed by atoms with Gasteiger partial charge in [0.2, 0.25) is 10.0 Å². The Morgan fingerprint density at radius 2 is 1.67 bits per heavy atom. The van der Waals surface area contributed by atoms with Crippen molar-refractivity contribution in [2.24, 2.45) is 0 Å². The zero-order chi connectivity index (χ0) is 33.2. The molecule has 1 fully saturated rings. The Labute approximate surface area is 267 Å². The molecule has 1 aliphatic heterocycles. The van der Waals surface area contributed by atoms with Gasteiger partial charge in [-0.25, -0.2) is 8.42 Å². The van der Waals surface area contributed by atoms with E-state index in [0.29, 0.717) is 24.3 Å². The molecule has 4 aromatic rings. The fraction of sp³-hybridized carbons (Fsp3) is 0.242. The predicted octanol–water partition coefficient (Wildman–Crippen LogP) is 4.85. The Morgan fingerprint density at radius 1 is 0.978 bits per heavy atom. The number of hydrogen-bond donors (Lipinski definition) is 1. The summed E-state index contributed by atoms with van der Waals surface area (Å²) in [5.74, 6) is -0.866. The molecule has 0 radical (unpaired) electrons. The second-order valence-corrected chi connectivity index (χ2v) is 13.8. The third-order valence-electron chi connectivity index (χ3n) is 7.71. The van der Waals surface area contributed by atoms with Gasteiger partial charge < -0.3 is 5.32 Å². The first-order valence-electron chi connectivity index (χ1n) is 14.3. The van der Waals surface area contributed by atoms with Crippen molar-refractivity contribution in [3.63, 3.8) is 0 Å². The molecule has 3 aromatic carbocycles. The lowest BCUT2D eigenvalue weighted by Gasteiger charge is -2.26. The van der Waals surface area contributed by atoms with E-state index in [9.17, 15) is 36.4 Å². The lowest BCUT2D eigenvalue weighted by atomic mass is 10.1. The highest BCUT2D eigenvalue weighted by Gasteiger charge is 2.30. The molecule has 1 saturated heterocycles. The van der Waals surface area contributed by atoms with Crippen molar-refractivity contribution < 1.29 is 26.4 Å². The molecule has 8 nitrogen and oxygen atoms in total. The minimum atomic E-state index is -4.52. The Kier molecular flexibility index (Phi) is 9.34. The first-order chi connectivity index (χ1) is 21.8. The van der Waals surface area contributed by atoms with Crippen LogP contribution in [0, 0.1) is 25.2 Å². The third-order valence-corrected chi connectivity index (χ3v) is 10.7. The summed E-state index contributed by atoms with van der Waals surface area (Å²) in [4.78, 5) is 27.3. The van der Waals surface area contributed by atoms with Crippen molar-refractivity contribution in [3.05, 3.63) is 109 Å². The lowest BCUT2D eigenvalue weighted by Crippen LogP contribution is -2.35. The number of aromatic nitrogens is 1. The summed E-state index contributed by atoms with van der Waals surface area (Å²) in [6.07, 6.45) is -0.647. The molecule has 1 amide bonds. The van der Waals surface area contributed by atoms with Crippen molar-refractivity contribution >= 4 is 44.6 Å². The van der Waals surface area contributed by atoms with Crippen LogP contribution in [0.5, 0.6) is 0 Å². The van der Waals surface area contributed by atoms with E-state index in [2.05, 4.69) is 5.32 Å². The molecule has 0 bridgehead atoms. The monoisotopic (exact) mass is 666 g/mol. The quantitative estimate of drug-likeness (QED) is 0.316. The normalized spacial score (nSPS) is 15.3. The molecular formula is C33H29F3N4O4S2. The number of carbonyl (C=O) groups is 1. The third kappa shape index (κ3) is 6.84. The number of nitrogens with zero attached hydrogens (tertiary/aromatic N) is 3. The maximum atomic E-state index is 13.8. The van der Waals surface area contributed by atoms with Crippen molar-refractivity contribution in [2.45, 2.75) is 44.2 Å². The molecule has 1 N–H and O–H groups in total. The van der Waals surface area contributed by atoms with Crippen LogP contribution in [-0.4, -0.2) is 36.3 Å². The Morgan fingerprint density at radius 3 is 2.30 bits per heavy atom. The van der Waals surface area contributed by atoms with Crippen LogP contribution in [-0.2, 0) is 21.0 Å². The second-order valence-electron chi connectivity index (χ2n) is 10.9. The van der Waals surface area contributed by atoms with Crippen LogP contribution in [0.25, 0.3) is 17.3 Å². The molecule has 5 rings (SSSR count). The van der Waals surface area contributed by atoms with Gasteiger partial charge >= 0.3 is 6.18 Å². The standard InChI is InChI=1S/C33H29F3N4O4S2/c1-21-9-14-26(17-22(21)2)40-31(42)29(18-23-10-12-24(13-11-23)33(34,35)36)45-32(40)28(20-37)30(41)38-25-7-6-8-27(19-25)46(43,44)39-15-4-3-5-16-39/h6-14,17-19H,3-5,15-16H2,1-2H3,(H,38,41)/b29-18-,32-28-. The summed E-state index contributed by atoms with van der Waals surface area (Å²) in [7, 11) is -3.79. The molecule has 1 aromatic heterocycles. The van der Waals surface area contributed by atoms with Gasteiger partial charge in [-0.15, -0.1) is 11.3 Å². The van der Waals surface area contributed by atoms with Gasteiger partial charge in [-0.05, 0) is 91.9 Å². The number of alkyl halides is 3. The molecule has 0 unspecified atom stereocenters. The lowest BCUT2D eigenvalue weighted by molar-refractivity contribution is -0.137. The highest BCUT2D eigenvalue weighted by Crippen LogP contribution is 2.29. The number of halogens is 3. The smallest absolute Gasteiger partial charge is 0.321 e. The van der Waals surface area contributed by atoms with Crippen LogP contribution in [0.3, 0.4) is 0 Å². The SMILES string of the molecule is Cc1ccc(-n2c(=O)/c(=C/c3ccc(C(F)(F)F)cc3)s/c2=C(/C#N)C(=O)Nc2cccc(S(=O)(=O)N3CCCCC3)c2)cc1C. The highest BCUT2D eigenvalue weighted by molar-refractivity contribution is 7.89. The molecule has 0 saturated carbocycles. The molecular weight excluding hydrogens is 638 g/mol. The van der Waals surface area contributed by atoms with E-state index in [0.717, 1.165) is 53.9 Å². The Hall–Kier alpha value is -4.51. The second kappa shape index (κ2) is 13.1. The van der Waals surface area contributed by atoms with Gasteiger partial charge in [0.1, 0.15) is 10.7 Å². The number of benzene rings is 3. The number of hydrogen-bond acceptors (Lipinski definition) is 6. The van der Waals surface area contributed by atoms with E-state index in [4.69, 9.17) is 0 Å². The van der Waals surface area contributed by atoms with E-state index in [1.807, 2.05) is 19.9 Å². The summed E-state index contributed by atoms with van der Waals surface area (Å²) < 4.78 is 68.4. The van der Waals surface area contributed by atoms with Crippen LogP contribution in [0.4, 0.5) is 18.9 Å². The topological polar surface area (TPSA) is 112 Å². The Bertz CT molecular complexity index is 2140. The molecule has 46 heavy (non-hydrogen) atoms. The van der Waals surface area contributed by atoms with E-state index in [1.165, 1.54) is 51.3 Å². The van der Waals surface area contributed by atoms with Crippen molar-refractivity contribution in [1.82, 2.24) is 8.87 Å². The number of aryl methyl sites for hydroxylation is 2. The molecule has 1 aliphatic rings. The van der Waals surface area contributed by atoms with Gasteiger partial charge in [0.05, 0.1) is 20.7 Å². The minimum absolute atomic E-state index is 0.00213. The Balaban J connectivity index is 1.61. The van der Waals surface area contributed by atoms with E-state index >= 15 is 0 Å². The predicted molar refractivity (Wildman–Crippen MR) is 170 cm³/mol. The average Bonchev–Trinajstić information content (AvgIpc) is 3.34. The molecule has 0 atom stereocenters. The first kappa shape index (κ1) is 32.9. The van der Waals surface area contributed by atoms with E-state index in [-0.39, 0.29) is 19.8 Å². The zero-order valence-electron chi connectivity index (χ0n) is 24.9. The molecule has 238 valence electrons.